The molecule has 0 bridgehead atoms. The molecule has 2 heterocycles. The molecule has 0 saturated heterocycles. The number of carbonyl (C=O) groups excluding carboxylic acids is 2. The Morgan fingerprint density at radius 1 is 1.15 bits per heavy atom. The van der Waals surface area contributed by atoms with E-state index in [9.17, 15) is 14.4 Å². The number of anilines is 1. The summed E-state index contributed by atoms with van der Waals surface area (Å²) in [7, 11) is 1.79. The summed E-state index contributed by atoms with van der Waals surface area (Å²) in [6.07, 6.45) is 1.18. The van der Waals surface area contributed by atoms with Gasteiger partial charge in [-0.05, 0) is 26.0 Å². The Morgan fingerprint density at radius 2 is 1.89 bits per heavy atom. The minimum Gasteiger partial charge on any atom is -0.345 e. The van der Waals surface area contributed by atoms with Crippen LogP contribution in [0.2, 0.25) is 0 Å². The van der Waals surface area contributed by atoms with Gasteiger partial charge >= 0.3 is 0 Å². The molecule has 0 fully saturated rings. The number of carbonyl (C=O) groups is 2. The molecule has 27 heavy (non-hydrogen) atoms. The fourth-order valence-corrected chi connectivity index (χ4v) is 2.80. The number of para-hydroxylation sites is 1. The molecule has 2 amide bonds. The number of hydrogen-bond acceptors (Lipinski definition) is 5. The van der Waals surface area contributed by atoms with Gasteiger partial charge in [-0.2, -0.15) is 10.2 Å². The lowest BCUT2D eigenvalue weighted by Gasteiger charge is -2.10. The quantitative estimate of drug-likeness (QED) is 0.681. The molecule has 9 heteroatoms. The average Bonchev–Trinajstić information content (AvgIpc) is 2.89. The Bertz CT molecular complexity index is 1080. The van der Waals surface area contributed by atoms with E-state index in [4.69, 9.17) is 0 Å². The lowest BCUT2D eigenvalue weighted by atomic mass is 10.2. The Kier molecular flexibility index (Phi) is 5.02. The summed E-state index contributed by atoms with van der Waals surface area (Å²) in [6, 6.07) is 6.92. The number of benzene rings is 1. The van der Waals surface area contributed by atoms with Crippen LogP contribution in [0.15, 0.2) is 35.3 Å². The molecule has 0 unspecified atom stereocenters. The van der Waals surface area contributed by atoms with E-state index in [0.717, 1.165) is 5.69 Å². The molecular formula is C18H20N6O3. The third kappa shape index (κ3) is 3.86. The molecule has 0 atom stereocenters. The van der Waals surface area contributed by atoms with Crippen molar-refractivity contribution in [1.29, 1.82) is 0 Å². The maximum absolute atomic E-state index is 12.2. The Balaban J connectivity index is 1.63. The van der Waals surface area contributed by atoms with Gasteiger partial charge in [-0.3, -0.25) is 23.7 Å². The van der Waals surface area contributed by atoms with Gasteiger partial charge in [-0.25, -0.2) is 0 Å². The standard InChI is InChI=1S/C18H20N6O3/c1-11-18(12(2)23(3)22-11)21-16(26)9-19-17(27)10-24-14-7-5-4-6-13(14)15(25)8-20-24/h4-8H,9-10H2,1-3H3,(H,19,27)(H,21,26). The van der Waals surface area contributed by atoms with Gasteiger partial charge in [0.25, 0.3) is 0 Å². The summed E-state index contributed by atoms with van der Waals surface area (Å²) >= 11 is 0. The van der Waals surface area contributed by atoms with Gasteiger partial charge in [0, 0.05) is 12.4 Å². The van der Waals surface area contributed by atoms with E-state index < -0.39 is 0 Å². The molecule has 0 spiro atoms. The Morgan fingerprint density at radius 3 is 2.59 bits per heavy atom. The molecular weight excluding hydrogens is 348 g/mol. The van der Waals surface area contributed by atoms with Crippen LogP contribution in [0.3, 0.4) is 0 Å². The molecule has 2 aromatic heterocycles. The van der Waals surface area contributed by atoms with Gasteiger partial charge in [0.15, 0.2) is 0 Å². The second kappa shape index (κ2) is 7.40. The van der Waals surface area contributed by atoms with E-state index in [1.54, 1.807) is 42.9 Å². The fraction of sp³-hybridized carbons (Fsp3) is 0.278. The number of hydrogen-bond donors (Lipinski definition) is 2. The predicted molar refractivity (Wildman–Crippen MR) is 100 cm³/mol. The van der Waals surface area contributed by atoms with Crippen LogP contribution in [0.25, 0.3) is 10.9 Å². The van der Waals surface area contributed by atoms with Crippen molar-refractivity contribution in [3.8, 4) is 0 Å². The molecule has 2 N–H and O–H groups in total. The second-order valence-corrected chi connectivity index (χ2v) is 6.18. The van der Waals surface area contributed by atoms with Crippen LogP contribution < -0.4 is 16.1 Å². The maximum atomic E-state index is 12.2. The number of nitrogens with zero attached hydrogens (tertiary/aromatic N) is 4. The van der Waals surface area contributed by atoms with E-state index >= 15 is 0 Å². The minimum absolute atomic E-state index is 0.0982. The van der Waals surface area contributed by atoms with Crippen LogP contribution >= 0.6 is 0 Å². The highest BCUT2D eigenvalue weighted by Crippen LogP contribution is 2.17. The molecule has 9 nitrogen and oxygen atoms in total. The summed E-state index contributed by atoms with van der Waals surface area (Å²) in [5.74, 6) is -0.730. The zero-order chi connectivity index (χ0) is 19.6. The normalized spacial score (nSPS) is 10.8. The summed E-state index contributed by atoms with van der Waals surface area (Å²) in [5, 5.41) is 14.0. The van der Waals surface area contributed by atoms with Gasteiger partial charge in [0.2, 0.25) is 17.2 Å². The molecule has 0 aliphatic rings. The maximum Gasteiger partial charge on any atom is 0.243 e. The first kappa shape index (κ1) is 18.3. The predicted octanol–water partition coefficient (Wildman–Crippen LogP) is 0.502. The lowest BCUT2D eigenvalue weighted by molar-refractivity contribution is -0.124. The van der Waals surface area contributed by atoms with Crippen molar-refractivity contribution >= 4 is 28.4 Å². The third-order valence-electron chi connectivity index (χ3n) is 4.27. The Hall–Kier alpha value is -3.49. The van der Waals surface area contributed by atoms with E-state index in [1.807, 2.05) is 6.92 Å². The van der Waals surface area contributed by atoms with Crippen molar-refractivity contribution in [3.63, 3.8) is 0 Å². The number of nitrogens with one attached hydrogen (secondary N) is 2. The first-order valence-corrected chi connectivity index (χ1v) is 8.38. The minimum atomic E-state index is -0.383. The van der Waals surface area contributed by atoms with Crippen molar-refractivity contribution in [3.05, 3.63) is 52.1 Å². The first-order chi connectivity index (χ1) is 12.9. The molecule has 0 saturated carbocycles. The van der Waals surface area contributed by atoms with E-state index in [2.05, 4.69) is 20.8 Å². The number of amides is 2. The third-order valence-corrected chi connectivity index (χ3v) is 4.27. The summed E-state index contributed by atoms with van der Waals surface area (Å²) in [6.45, 7) is 3.37. The zero-order valence-corrected chi connectivity index (χ0v) is 15.3. The number of aryl methyl sites for hydroxylation is 2. The van der Waals surface area contributed by atoms with Crippen LogP contribution in [0, 0.1) is 13.8 Å². The van der Waals surface area contributed by atoms with Gasteiger partial charge < -0.3 is 10.6 Å². The van der Waals surface area contributed by atoms with Crippen molar-refractivity contribution in [2.24, 2.45) is 7.05 Å². The Labute approximate surface area is 155 Å². The second-order valence-electron chi connectivity index (χ2n) is 6.18. The van der Waals surface area contributed by atoms with Crippen LogP contribution in [-0.4, -0.2) is 37.9 Å². The van der Waals surface area contributed by atoms with E-state index in [1.165, 1.54) is 10.9 Å². The number of aromatic nitrogens is 4. The topological polar surface area (TPSA) is 111 Å². The molecule has 0 aliphatic carbocycles. The molecule has 3 aromatic rings. The van der Waals surface area contributed by atoms with Crippen LogP contribution in [0.4, 0.5) is 5.69 Å². The number of rotatable bonds is 5. The fourth-order valence-electron chi connectivity index (χ4n) is 2.80. The van der Waals surface area contributed by atoms with E-state index in [0.29, 0.717) is 22.3 Å². The van der Waals surface area contributed by atoms with Crippen molar-refractivity contribution in [2.75, 3.05) is 11.9 Å². The van der Waals surface area contributed by atoms with Crippen LogP contribution in [0.5, 0.6) is 0 Å². The lowest BCUT2D eigenvalue weighted by Crippen LogP contribution is -2.35. The molecule has 0 radical (unpaired) electrons. The summed E-state index contributed by atoms with van der Waals surface area (Å²) < 4.78 is 3.11. The molecule has 140 valence electrons. The van der Waals surface area contributed by atoms with Crippen molar-refractivity contribution in [1.82, 2.24) is 24.9 Å². The first-order valence-electron chi connectivity index (χ1n) is 8.38. The number of fused-ring (bicyclic) bond motifs is 1. The smallest absolute Gasteiger partial charge is 0.243 e. The van der Waals surface area contributed by atoms with Gasteiger partial charge in [-0.1, -0.05) is 12.1 Å². The van der Waals surface area contributed by atoms with E-state index in [-0.39, 0.29) is 30.3 Å². The highest BCUT2D eigenvalue weighted by Gasteiger charge is 2.14. The highest BCUT2D eigenvalue weighted by molar-refractivity contribution is 5.95. The SMILES string of the molecule is Cc1nn(C)c(C)c1NC(=O)CNC(=O)Cn1ncc(=O)c2ccccc21. The largest absolute Gasteiger partial charge is 0.345 e. The summed E-state index contributed by atoms with van der Waals surface area (Å²) in [5.41, 5.74) is 2.54. The van der Waals surface area contributed by atoms with Gasteiger partial charge in [-0.15, -0.1) is 0 Å². The monoisotopic (exact) mass is 368 g/mol. The van der Waals surface area contributed by atoms with Crippen LogP contribution in [-0.2, 0) is 23.2 Å². The highest BCUT2D eigenvalue weighted by atomic mass is 16.2. The van der Waals surface area contributed by atoms with Crippen molar-refractivity contribution < 1.29 is 9.59 Å². The average molecular weight is 368 g/mol. The van der Waals surface area contributed by atoms with Crippen LogP contribution in [0.1, 0.15) is 11.4 Å². The zero-order valence-electron chi connectivity index (χ0n) is 15.3. The van der Waals surface area contributed by atoms with Crippen molar-refractivity contribution in [2.45, 2.75) is 20.4 Å². The molecule has 1 aromatic carbocycles. The molecule has 3 rings (SSSR count). The van der Waals surface area contributed by atoms with Gasteiger partial charge in [0.1, 0.15) is 6.54 Å². The van der Waals surface area contributed by atoms with Gasteiger partial charge in [0.05, 0.1) is 35.3 Å². The summed E-state index contributed by atoms with van der Waals surface area (Å²) in [4.78, 5) is 36.1. The molecule has 0 aliphatic heterocycles.